The predicted molar refractivity (Wildman–Crippen MR) is 84.4 cm³/mol. The fraction of sp³-hybridized carbons (Fsp3) is 0.471. The molecular formula is C17H24N2O2. The van der Waals surface area contributed by atoms with Gasteiger partial charge in [-0.15, -0.1) is 0 Å². The summed E-state index contributed by atoms with van der Waals surface area (Å²) in [5.74, 6) is 1.18. The number of hydrogen-bond acceptors (Lipinski definition) is 3. The van der Waals surface area contributed by atoms with Crippen molar-refractivity contribution in [2.75, 3.05) is 7.11 Å². The van der Waals surface area contributed by atoms with E-state index in [2.05, 4.69) is 18.9 Å². The van der Waals surface area contributed by atoms with Crippen LogP contribution < -0.4 is 4.74 Å². The average molecular weight is 288 g/mol. The van der Waals surface area contributed by atoms with Crippen LogP contribution in [0.25, 0.3) is 5.69 Å². The third-order valence-electron chi connectivity index (χ3n) is 3.59. The summed E-state index contributed by atoms with van der Waals surface area (Å²) in [5.41, 5.74) is 2.66. The van der Waals surface area contributed by atoms with Gasteiger partial charge >= 0.3 is 0 Å². The maximum atomic E-state index is 10.4. The smallest absolute Gasteiger partial charge is 0.160 e. The zero-order chi connectivity index (χ0) is 15.2. The number of ether oxygens (including phenoxy) is 1. The van der Waals surface area contributed by atoms with E-state index in [9.17, 15) is 5.11 Å². The first-order valence-electron chi connectivity index (χ1n) is 7.65. The van der Waals surface area contributed by atoms with Crippen LogP contribution in [0.4, 0.5) is 0 Å². The Kier molecular flexibility index (Phi) is 5.26. The first-order valence-corrected chi connectivity index (χ1v) is 7.65. The van der Waals surface area contributed by atoms with E-state index >= 15 is 0 Å². The second kappa shape index (κ2) is 7.16. The van der Waals surface area contributed by atoms with E-state index < -0.39 is 0 Å². The molecular weight excluding hydrogens is 264 g/mol. The van der Waals surface area contributed by atoms with Gasteiger partial charge in [-0.25, -0.2) is 4.68 Å². The van der Waals surface area contributed by atoms with Crippen molar-refractivity contribution in [3.63, 3.8) is 0 Å². The molecule has 0 bridgehead atoms. The number of unbranched alkanes of at least 4 members (excludes halogenated alkanes) is 1. The molecule has 2 rings (SSSR count). The molecule has 0 aliphatic carbocycles. The molecule has 0 saturated carbocycles. The summed E-state index contributed by atoms with van der Waals surface area (Å²) in [6.07, 6.45) is 4.75. The van der Waals surface area contributed by atoms with Crippen LogP contribution in [0, 0.1) is 0 Å². The van der Waals surface area contributed by atoms with Gasteiger partial charge in [-0.05, 0) is 43.5 Å². The average Bonchev–Trinajstić information content (AvgIpc) is 2.82. The summed E-state index contributed by atoms with van der Waals surface area (Å²) in [6.45, 7) is 4.25. The number of hydrogen-bond donors (Lipinski definition) is 1. The van der Waals surface area contributed by atoms with Crippen LogP contribution in [0.5, 0.6) is 11.5 Å². The molecule has 1 N–H and O–H groups in total. The molecule has 4 nitrogen and oxygen atoms in total. The van der Waals surface area contributed by atoms with Gasteiger partial charge in [0.15, 0.2) is 5.75 Å². The van der Waals surface area contributed by atoms with Crippen molar-refractivity contribution in [2.45, 2.75) is 46.0 Å². The first kappa shape index (κ1) is 15.4. The highest BCUT2D eigenvalue weighted by molar-refractivity contribution is 5.43. The van der Waals surface area contributed by atoms with Crippen molar-refractivity contribution in [2.24, 2.45) is 0 Å². The predicted octanol–water partition coefficient (Wildman–Crippen LogP) is 3.88. The second-order valence-corrected chi connectivity index (χ2v) is 5.21. The van der Waals surface area contributed by atoms with Gasteiger partial charge in [0, 0.05) is 0 Å². The summed E-state index contributed by atoms with van der Waals surface area (Å²) < 4.78 is 7.06. The molecule has 1 aromatic heterocycles. The van der Waals surface area contributed by atoms with Crippen LogP contribution in [0.3, 0.4) is 0 Å². The lowest BCUT2D eigenvalue weighted by Crippen LogP contribution is -2.02. The Morgan fingerprint density at radius 3 is 2.38 bits per heavy atom. The van der Waals surface area contributed by atoms with Crippen molar-refractivity contribution in [1.29, 1.82) is 0 Å². The van der Waals surface area contributed by atoms with Crippen molar-refractivity contribution in [1.82, 2.24) is 9.78 Å². The number of aromatic hydroxyl groups is 1. The molecule has 0 atom stereocenters. The maximum Gasteiger partial charge on any atom is 0.160 e. The highest BCUT2D eigenvalue weighted by Crippen LogP contribution is 2.28. The first-order chi connectivity index (χ1) is 10.2. The number of aryl methyl sites for hydroxylation is 1. The van der Waals surface area contributed by atoms with E-state index in [1.807, 2.05) is 28.9 Å². The van der Waals surface area contributed by atoms with Gasteiger partial charge < -0.3 is 9.84 Å². The lowest BCUT2D eigenvalue weighted by atomic mass is 10.1. The Labute approximate surface area is 126 Å². The molecule has 0 spiro atoms. The Bertz CT molecular complexity index is 573. The Morgan fingerprint density at radius 2 is 1.81 bits per heavy atom. The number of rotatable bonds is 7. The SMILES string of the molecule is CCCCc1c(O)c(CCC)nn1-c1ccc(OC)cc1. The van der Waals surface area contributed by atoms with Gasteiger partial charge in [0.1, 0.15) is 11.4 Å². The Morgan fingerprint density at radius 1 is 1.10 bits per heavy atom. The minimum absolute atomic E-state index is 0.362. The highest BCUT2D eigenvalue weighted by atomic mass is 16.5. The zero-order valence-corrected chi connectivity index (χ0v) is 13.1. The molecule has 0 amide bonds. The van der Waals surface area contributed by atoms with Crippen LogP contribution in [0.15, 0.2) is 24.3 Å². The molecule has 4 heteroatoms. The van der Waals surface area contributed by atoms with Crippen molar-refractivity contribution < 1.29 is 9.84 Å². The zero-order valence-electron chi connectivity index (χ0n) is 13.1. The third-order valence-corrected chi connectivity index (χ3v) is 3.59. The monoisotopic (exact) mass is 288 g/mol. The van der Waals surface area contributed by atoms with Crippen molar-refractivity contribution in [3.05, 3.63) is 35.7 Å². The van der Waals surface area contributed by atoms with Gasteiger partial charge in [0.2, 0.25) is 0 Å². The van der Waals surface area contributed by atoms with Gasteiger partial charge in [-0.3, -0.25) is 0 Å². The molecule has 0 aliphatic rings. The van der Waals surface area contributed by atoms with Gasteiger partial charge in [-0.2, -0.15) is 5.10 Å². The second-order valence-electron chi connectivity index (χ2n) is 5.21. The minimum atomic E-state index is 0.362. The van der Waals surface area contributed by atoms with E-state index in [-0.39, 0.29) is 0 Å². The Balaban J connectivity index is 2.41. The number of nitrogens with zero attached hydrogens (tertiary/aromatic N) is 2. The van der Waals surface area contributed by atoms with Crippen LogP contribution in [-0.2, 0) is 12.8 Å². The summed E-state index contributed by atoms with van der Waals surface area (Å²) in [5, 5.41) is 15.0. The van der Waals surface area contributed by atoms with Crippen LogP contribution in [-0.4, -0.2) is 22.0 Å². The normalized spacial score (nSPS) is 10.8. The van der Waals surface area contributed by atoms with E-state index in [1.165, 1.54) is 0 Å². The lowest BCUT2D eigenvalue weighted by molar-refractivity contribution is 0.414. The van der Waals surface area contributed by atoms with Crippen molar-refractivity contribution in [3.8, 4) is 17.2 Å². The highest BCUT2D eigenvalue weighted by Gasteiger charge is 2.17. The molecule has 1 aromatic carbocycles. The molecule has 2 aromatic rings. The van der Waals surface area contributed by atoms with Crippen LogP contribution >= 0.6 is 0 Å². The molecule has 0 unspecified atom stereocenters. The maximum absolute atomic E-state index is 10.4. The fourth-order valence-corrected chi connectivity index (χ4v) is 2.41. The molecule has 1 heterocycles. The van der Waals surface area contributed by atoms with Crippen molar-refractivity contribution >= 4 is 0 Å². The standard InChI is InChI=1S/C17H24N2O2/c1-4-6-8-16-17(20)15(7-5-2)18-19(16)13-9-11-14(21-3)12-10-13/h9-12,20H,4-8H2,1-3H3. The molecule has 0 radical (unpaired) electrons. The minimum Gasteiger partial charge on any atom is -0.504 e. The lowest BCUT2D eigenvalue weighted by Gasteiger charge is -2.08. The molecule has 114 valence electrons. The van der Waals surface area contributed by atoms with E-state index in [0.717, 1.165) is 54.9 Å². The Hall–Kier alpha value is -1.97. The molecule has 0 saturated heterocycles. The third kappa shape index (κ3) is 3.38. The fourth-order valence-electron chi connectivity index (χ4n) is 2.41. The van der Waals surface area contributed by atoms with E-state index in [4.69, 9.17) is 4.74 Å². The van der Waals surface area contributed by atoms with Crippen LogP contribution in [0.2, 0.25) is 0 Å². The van der Waals surface area contributed by atoms with E-state index in [0.29, 0.717) is 5.75 Å². The molecule has 0 aliphatic heterocycles. The summed E-state index contributed by atoms with van der Waals surface area (Å²) in [7, 11) is 1.65. The largest absolute Gasteiger partial charge is 0.504 e. The van der Waals surface area contributed by atoms with Gasteiger partial charge in [0.25, 0.3) is 0 Å². The summed E-state index contributed by atoms with van der Waals surface area (Å²) in [6, 6.07) is 7.77. The summed E-state index contributed by atoms with van der Waals surface area (Å²) in [4.78, 5) is 0. The molecule has 21 heavy (non-hydrogen) atoms. The number of benzene rings is 1. The van der Waals surface area contributed by atoms with E-state index in [1.54, 1.807) is 7.11 Å². The van der Waals surface area contributed by atoms with Gasteiger partial charge in [0.05, 0.1) is 18.5 Å². The summed E-state index contributed by atoms with van der Waals surface area (Å²) >= 11 is 0. The quantitative estimate of drug-likeness (QED) is 0.841. The molecule has 0 fully saturated rings. The van der Waals surface area contributed by atoms with Crippen LogP contribution in [0.1, 0.15) is 44.5 Å². The van der Waals surface area contributed by atoms with Gasteiger partial charge in [-0.1, -0.05) is 26.7 Å². The number of aromatic nitrogens is 2. The topological polar surface area (TPSA) is 47.3 Å². The number of methoxy groups -OCH3 is 1.